The van der Waals surface area contributed by atoms with Gasteiger partial charge in [0.1, 0.15) is 5.75 Å². The van der Waals surface area contributed by atoms with E-state index in [-0.39, 0.29) is 0 Å². The van der Waals surface area contributed by atoms with Gasteiger partial charge >= 0.3 is 0 Å². The van der Waals surface area contributed by atoms with Crippen molar-refractivity contribution in [1.29, 1.82) is 0 Å². The normalized spacial score (nSPS) is 10.7. The smallest absolute Gasteiger partial charge is 0.119 e. The third-order valence-corrected chi connectivity index (χ3v) is 3.86. The minimum Gasteiger partial charge on any atom is -0.494 e. The van der Waals surface area contributed by atoms with Crippen LogP contribution in [-0.4, -0.2) is 19.1 Å². The van der Waals surface area contributed by atoms with Crippen LogP contribution in [0.5, 0.6) is 5.75 Å². The van der Waals surface area contributed by atoms with Crippen molar-refractivity contribution in [2.45, 2.75) is 32.3 Å². The number of rotatable bonds is 11. The van der Waals surface area contributed by atoms with E-state index in [0.717, 1.165) is 43.9 Å². The first-order valence-corrected chi connectivity index (χ1v) is 8.81. The lowest BCUT2D eigenvalue weighted by molar-refractivity contribution is 0.124. The second-order valence-electron chi connectivity index (χ2n) is 5.53. The summed E-state index contributed by atoms with van der Waals surface area (Å²) >= 11 is 5.67. The largest absolute Gasteiger partial charge is 0.494 e. The van der Waals surface area contributed by atoms with Crippen LogP contribution in [-0.2, 0) is 17.8 Å². The molecule has 0 heterocycles. The zero-order chi connectivity index (χ0) is 16.2. The van der Waals surface area contributed by atoms with E-state index in [9.17, 15) is 0 Å². The fraction of sp³-hybridized carbons (Fsp3) is 0.400. The van der Waals surface area contributed by atoms with E-state index >= 15 is 0 Å². The lowest BCUT2D eigenvalue weighted by Gasteiger charge is -2.08. The molecular formula is C20H25ClO2. The molecule has 3 heteroatoms. The Labute approximate surface area is 144 Å². The first-order chi connectivity index (χ1) is 11.4. The molecule has 0 aliphatic heterocycles. The van der Waals surface area contributed by atoms with Gasteiger partial charge in [0, 0.05) is 5.88 Å². The summed E-state index contributed by atoms with van der Waals surface area (Å²) in [5.74, 6) is 1.68. The maximum absolute atomic E-state index is 5.78. The summed E-state index contributed by atoms with van der Waals surface area (Å²) in [7, 11) is 0. The molecule has 2 aromatic carbocycles. The van der Waals surface area contributed by atoms with Crippen molar-refractivity contribution in [3.05, 3.63) is 65.7 Å². The van der Waals surface area contributed by atoms with Crippen molar-refractivity contribution in [3.63, 3.8) is 0 Å². The van der Waals surface area contributed by atoms with Crippen LogP contribution in [0.15, 0.2) is 54.6 Å². The predicted octanol–water partition coefficient (Wildman–Crippen LogP) is 5.23. The molecule has 0 aromatic heterocycles. The molecule has 0 aliphatic carbocycles. The average Bonchev–Trinajstić information content (AvgIpc) is 2.60. The molecule has 0 saturated carbocycles. The molecular weight excluding hydrogens is 308 g/mol. The summed E-state index contributed by atoms with van der Waals surface area (Å²) in [4.78, 5) is 0. The number of benzene rings is 2. The Morgan fingerprint density at radius 1 is 0.783 bits per heavy atom. The number of alkyl halides is 1. The summed E-state index contributed by atoms with van der Waals surface area (Å²) in [6, 6.07) is 18.5. The van der Waals surface area contributed by atoms with Crippen molar-refractivity contribution >= 4 is 11.6 Å². The molecule has 2 nitrogen and oxygen atoms in total. The molecule has 0 bridgehead atoms. The third kappa shape index (κ3) is 7.54. The van der Waals surface area contributed by atoms with Crippen LogP contribution in [0.25, 0.3) is 0 Å². The highest BCUT2D eigenvalue weighted by molar-refractivity contribution is 6.17. The molecule has 0 fully saturated rings. The van der Waals surface area contributed by atoms with Gasteiger partial charge in [-0.25, -0.2) is 0 Å². The van der Waals surface area contributed by atoms with Crippen LogP contribution in [0.4, 0.5) is 0 Å². The Bertz CT molecular complexity index is 542. The van der Waals surface area contributed by atoms with Crippen LogP contribution >= 0.6 is 11.6 Å². The minimum atomic E-state index is 0.664. The third-order valence-electron chi connectivity index (χ3n) is 3.59. The number of hydrogen-bond donors (Lipinski definition) is 0. The van der Waals surface area contributed by atoms with Gasteiger partial charge in [-0.05, 0) is 48.9 Å². The highest BCUT2D eigenvalue weighted by atomic mass is 35.5. The standard InChI is InChI=1S/C20H25ClO2/c21-13-5-2-6-14-23-20-11-7-10-18(16-20)12-15-22-17-19-8-3-1-4-9-19/h1,3-4,7-11,16H,2,5-6,12-15,17H2. The van der Waals surface area contributed by atoms with Crippen LogP contribution < -0.4 is 4.74 Å². The number of halogens is 1. The second-order valence-corrected chi connectivity index (χ2v) is 5.91. The summed E-state index contributed by atoms with van der Waals surface area (Å²) in [6.45, 7) is 2.14. The molecule has 124 valence electrons. The molecule has 23 heavy (non-hydrogen) atoms. The van der Waals surface area contributed by atoms with E-state index < -0.39 is 0 Å². The lowest BCUT2D eigenvalue weighted by atomic mass is 10.1. The predicted molar refractivity (Wildman–Crippen MR) is 96.3 cm³/mol. The van der Waals surface area contributed by atoms with Gasteiger partial charge in [-0.3, -0.25) is 0 Å². The molecule has 2 rings (SSSR count). The zero-order valence-corrected chi connectivity index (χ0v) is 14.3. The fourth-order valence-corrected chi connectivity index (χ4v) is 2.50. The minimum absolute atomic E-state index is 0.664. The van der Waals surface area contributed by atoms with Gasteiger partial charge in [0.15, 0.2) is 0 Å². The lowest BCUT2D eigenvalue weighted by Crippen LogP contribution is -2.01. The van der Waals surface area contributed by atoms with Crippen molar-refractivity contribution in [1.82, 2.24) is 0 Å². The van der Waals surface area contributed by atoms with Crippen molar-refractivity contribution in [2.75, 3.05) is 19.1 Å². The SMILES string of the molecule is ClCCCCCOc1cccc(CCOCc2ccccc2)c1. The molecule has 0 N–H and O–H groups in total. The second kappa shape index (κ2) is 11.1. The fourth-order valence-electron chi connectivity index (χ4n) is 2.31. The van der Waals surface area contributed by atoms with E-state index in [0.29, 0.717) is 13.2 Å². The quantitative estimate of drug-likeness (QED) is 0.414. The van der Waals surface area contributed by atoms with Crippen LogP contribution in [0.1, 0.15) is 30.4 Å². The molecule has 0 radical (unpaired) electrons. The molecule has 0 spiro atoms. The Balaban J connectivity index is 1.66. The van der Waals surface area contributed by atoms with Crippen LogP contribution in [0.2, 0.25) is 0 Å². The van der Waals surface area contributed by atoms with E-state index in [2.05, 4.69) is 24.3 Å². The summed E-state index contributed by atoms with van der Waals surface area (Å²) in [6.07, 6.45) is 4.13. The molecule has 0 saturated heterocycles. The van der Waals surface area contributed by atoms with Crippen molar-refractivity contribution in [2.24, 2.45) is 0 Å². The van der Waals surface area contributed by atoms with E-state index in [4.69, 9.17) is 21.1 Å². The molecule has 0 amide bonds. The average molecular weight is 333 g/mol. The van der Waals surface area contributed by atoms with Gasteiger partial charge < -0.3 is 9.47 Å². The first-order valence-electron chi connectivity index (χ1n) is 8.28. The Hall–Kier alpha value is -1.51. The Morgan fingerprint density at radius 3 is 2.43 bits per heavy atom. The maximum Gasteiger partial charge on any atom is 0.119 e. The van der Waals surface area contributed by atoms with Gasteiger partial charge in [-0.1, -0.05) is 42.5 Å². The Morgan fingerprint density at radius 2 is 1.61 bits per heavy atom. The first kappa shape index (κ1) is 17.8. The van der Waals surface area contributed by atoms with Gasteiger partial charge in [0.25, 0.3) is 0 Å². The molecule has 0 aliphatic rings. The van der Waals surface area contributed by atoms with E-state index in [1.54, 1.807) is 0 Å². The van der Waals surface area contributed by atoms with Gasteiger partial charge in [0.2, 0.25) is 0 Å². The van der Waals surface area contributed by atoms with Crippen LogP contribution in [0, 0.1) is 0 Å². The maximum atomic E-state index is 5.78. The molecule has 0 unspecified atom stereocenters. The highest BCUT2D eigenvalue weighted by Crippen LogP contribution is 2.15. The van der Waals surface area contributed by atoms with Crippen molar-refractivity contribution in [3.8, 4) is 5.75 Å². The van der Waals surface area contributed by atoms with E-state index in [1.807, 2.05) is 30.3 Å². The zero-order valence-electron chi connectivity index (χ0n) is 13.5. The monoisotopic (exact) mass is 332 g/mol. The summed E-state index contributed by atoms with van der Waals surface area (Å²) < 4.78 is 11.5. The Kier molecular flexibility index (Phi) is 8.60. The van der Waals surface area contributed by atoms with Gasteiger partial charge in [-0.15, -0.1) is 11.6 Å². The molecule has 2 aromatic rings. The van der Waals surface area contributed by atoms with E-state index in [1.165, 1.54) is 11.1 Å². The number of unbranched alkanes of at least 4 members (excludes halogenated alkanes) is 2. The number of ether oxygens (including phenoxy) is 2. The van der Waals surface area contributed by atoms with Gasteiger partial charge in [-0.2, -0.15) is 0 Å². The highest BCUT2D eigenvalue weighted by Gasteiger charge is 1.99. The molecule has 0 atom stereocenters. The summed E-state index contributed by atoms with van der Waals surface area (Å²) in [5.41, 5.74) is 2.46. The topological polar surface area (TPSA) is 18.5 Å². The number of hydrogen-bond acceptors (Lipinski definition) is 2. The van der Waals surface area contributed by atoms with Gasteiger partial charge in [0.05, 0.1) is 19.8 Å². The van der Waals surface area contributed by atoms with Crippen LogP contribution in [0.3, 0.4) is 0 Å². The van der Waals surface area contributed by atoms with Crippen molar-refractivity contribution < 1.29 is 9.47 Å². The summed E-state index contributed by atoms with van der Waals surface area (Å²) in [5, 5.41) is 0.